The van der Waals surface area contributed by atoms with Crippen LogP contribution in [0.1, 0.15) is 0 Å². The molecule has 0 unspecified atom stereocenters. The van der Waals surface area contributed by atoms with E-state index in [1.54, 1.807) is 0 Å². The van der Waals surface area contributed by atoms with Crippen molar-refractivity contribution in [3.05, 3.63) is 58.4 Å². The van der Waals surface area contributed by atoms with E-state index in [2.05, 4.69) is 5.32 Å². The van der Waals surface area contributed by atoms with E-state index in [0.717, 1.165) is 24.5 Å². The molecule has 0 bridgehead atoms. The number of carbonyl (C=O) groups is 1. The van der Waals surface area contributed by atoms with Crippen molar-refractivity contribution >= 4 is 33.0 Å². The zero-order chi connectivity index (χ0) is 20.2. The quantitative estimate of drug-likeness (QED) is 0.565. The Hall–Kier alpha value is -3.21. The summed E-state index contributed by atoms with van der Waals surface area (Å²) in [5.74, 6) is -1.31. The summed E-state index contributed by atoms with van der Waals surface area (Å²) in [6.45, 7) is -0.688. The van der Waals surface area contributed by atoms with Crippen LogP contribution in [0.25, 0.3) is 0 Å². The maximum Gasteiger partial charge on any atom is 0.271 e. The van der Waals surface area contributed by atoms with E-state index in [1.165, 1.54) is 31.4 Å². The summed E-state index contributed by atoms with van der Waals surface area (Å²) in [6, 6.07) is 8.44. The highest BCUT2D eigenvalue weighted by atomic mass is 32.2. The highest BCUT2D eigenvalue weighted by molar-refractivity contribution is 7.92. The van der Waals surface area contributed by atoms with Gasteiger partial charge >= 0.3 is 0 Å². The first-order valence-electron chi connectivity index (χ1n) is 7.47. The predicted octanol–water partition coefficient (Wildman–Crippen LogP) is 2.15. The largest absolute Gasteiger partial charge is 0.495 e. The molecule has 11 heteroatoms. The Labute approximate surface area is 154 Å². The molecule has 0 aliphatic carbocycles. The third kappa shape index (κ3) is 5.14. The molecule has 0 saturated carbocycles. The second-order valence-corrected chi connectivity index (χ2v) is 7.35. The van der Waals surface area contributed by atoms with Crippen LogP contribution in [0.3, 0.4) is 0 Å². The normalized spacial score (nSPS) is 10.9. The number of ether oxygens (including phenoxy) is 1. The number of nitro benzene ring substituents is 1. The first-order valence-corrected chi connectivity index (χ1v) is 9.32. The van der Waals surface area contributed by atoms with Crippen molar-refractivity contribution in [2.75, 3.05) is 29.5 Å². The average Bonchev–Trinajstić information content (AvgIpc) is 2.58. The molecule has 2 aromatic carbocycles. The number of benzene rings is 2. The summed E-state index contributed by atoms with van der Waals surface area (Å²) in [6.07, 6.45) is 0.848. The standard InChI is InChI=1S/C16H16FN3O6S/c1-26-15-7-6-13(20(22)23)9-14(15)19(27(2,24)25)10-16(21)18-12-5-3-4-11(17)8-12/h3-9H,10H2,1-2H3,(H,18,21). The van der Waals surface area contributed by atoms with Gasteiger partial charge in [0.15, 0.2) is 0 Å². The lowest BCUT2D eigenvalue weighted by Crippen LogP contribution is -2.37. The maximum atomic E-state index is 13.2. The summed E-state index contributed by atoms with van der Waals surface area (Å²) in [4.78, 5) is 22.6. The lowest BCUT2D eigenvalue weighted by atomic mass is 10.2. The Morgan fingerprint density at radius 3 is 2.56 bits per heavy atom. The van der Waals surface area contributed by atoms with Gasteiger partial charge in [0.25, 0.3) is 5.69 Å². The molecular formula is C16H16FN3O6S. The number of anilines is 2. The van der Waals surface area contributed by atoms with E-state index in [9.17, 15) is 27.7 Å². The van der Waals surface area contributed by atoms with Crippen LogP contribution >= 0.6 is 0 Å². The monoisotopic (exact) mass is 397 g/mol. The highest BCUT2D eigenvalue weighted by Gasteiger charge is 2.26. The molecule has 0 radical (unpaired) electrons. The summed E-state index contributed by atoms with van der Waals surface area (Å²) in [5, 5.41) is 13.4. The molecule has 0 saturated heterocycles. The lowest BCUT2D eigenvalue weighted by Gasteiger charge is -2.23. The van der Waals surface area contributed by atoms with Gasteiger partial charge in [-0.05, 0) is 24.3 Å². The van der Waals surface area contributed by atoms with E-state index in [0.29, 0.717) is 4.31 Å². The fourth-order valence-electron chi connectivity index (χ4n) is 2.27. The van der Waals surface area contributed by atoms with Gasteiger partial charge in [0.05, 0.1) is 18.3 Å². The van der Waals surface area contributed by atoms with E-state index in [4.69, 9.17) is 4.74 Å². The molecule has 2 rings (SSSR count). The molecule has 0 heterocycles. The van der Waals surface area contributed by atoms with Gasteiger partial charge in [-0.1, -0.05) is 6.07 Å². The van der Waals surface area contributed by atoms with E-state index in [1.807, 2.05) is 0 Å². The summed E-state index contributed by atoms with van der Waals surface area (Å²) >= 11 is 0. The fraction of sp³-hybridized carbons (Fsp3) is 0.188. The topological polar surface area (TPSA) is 119 Å². The summed E-state index contributed by atoms with van der Waals surface area (Å²) in [5.41, 5.74) is -0.395. The number of amides is 1. The third-order valence-corrected chi connectivity index (χ3v) is 4.56. The van der Waals surface area contributed by atoms with E-state index in [-0.39, 0.29) is 22.8 Å². The van der Waals surface area contributed by atoms with Crippen molar-refractivity contribution < 1.29 is 27.3 Å². The van der Waals surface area contributed by atoms with Crippen LogP contribution in [-0.4, -0.2) is 39.2 Å². The average molecular weight is 397 g/mol. The van der Waals surface area contributed by atoms with Crippen molar-refractivity contribution in [2.24, 2.45) is 0 Å². The van der Waals surface area contributed by atoms with Crippen LogP contribution in [0, 0.1) is 15.9 Å². The van der Waals surface area contributed by atoms with Gasteiger partial charge in [-0.2, -0.15) is 0 Å². The van der Waals surface area contributed by atoms with E-state index >= 15 is 0 Å². The van der Waals surface area contributed by atoms with Gasteiger partial charge in [-0.25, -0.2) is 12.8 Å². The van der Waals surface area contributed by atoms with Crippen LogP contribution < -0.4 is 14.4 Å². The second kappa shape index (κ2) is 7.99. The number of carbonyl (C=O) groups excluding carboxylic acids is 1. The van der Waals surface area contributed by atoms with Crippen LogP contribution in [-0.2, 0) is 14.8 Å². The Morgan fingerprint density at radius 1 is 1.30 bits per heavy atom. The van der Waals surface area contributed by atoms with Gasteiger partial charge in [-0.15, -0.1) is 0 Å². The Kier molecular flexibility index (Phi) is 5.95. The Balaban J connectivity index is 2.38. The van der Waals surface area contributed by atoms with Crippen LogP contribution in [0.4, 0.5) is 21.5 Å². The molecular weight excluding hydrogens is 381 g/mol. The Morgan fingerprint density at radius 2 is 2.00 bits per heavy atom. The molecule has 0 aromatic heterocycles. The van der Waals surface area contributed by atoms with Crippen molar-refractivity contribution in [3.8, 4) is 5.75 Å². The fourth-order valence-corrected chi connectivity index (χ4v) is 3.12. The van der Waals surface area contributed by atoms with Crippen molar-refractivity contribution in [1.82, 2.24) is 0 Å². The number of hydrogen-bond donors (Lipinski definition) is 1. The molecule has 0 fully saturated rings. The zero-order valence-electron chi connectivity index (χ0n) is 14.4. The minimum atomic E-state index is -3.99. The molecule has 144 valence electrons. The second-order valence-electron chi connectivity index (χ2n) is 5.44. The summed E-state index contributed by atoms with van der Waals surface area (Å²) in [7, 11) is -2.73. The molecule has 1 N–H and O–H groups in total. The van der Waals surface area contributed by atoms with Gasteiger partial charge in [0, 0.05) is 17.8 Å². The number of nitro groups is 1. The number of hydrogen-bond acceptors (Lipinski definition) is 6. The van der Waals surface area contributed by atoms with Crippen LogP contribution in [0.15, 0.2) is 42.5 Å². The predicted molar refractivity (Wildman–Crippen MR) is 96.9 cm³/mol. The third-order valence-electron chi connectivity index (χ3n) is 3.44. The van der Waals surface area contributed by atoms with Crippen molar-refractivity contribution in [1.29, 1.82) is 0 Å². The molecule has 0 aliphatic heterocycles. The summed E-state index contributed by atoms with van der Waals surface area (Å²) < 4.78 is 43.3. The lowest BCUT2D eigenvalue weighted by molar-refractivity contribution is -0.384. The molecule has 27 heavy (non-hydrogen) atoms. The first-order chi connectivity index (χ1) is 12.6. The highest BCUT2D eigenvalue weighted by Crippen LogP contribution is 2.33. The van der Waals surface area contributed by atoms with Crippen molar-refractivity contribution in [2.45, 2.75) is 0 Å². The number of nitrogens with zero attached hydrogens (tertiary/aromatic N) is 2. The number of methoxy groups -OCH3 is 1. The Bertz CT molecular complexity index is 980. The molecule has 9 nitrogen and oxygen atoms in total. The van der Waals surface area contributed by atoms with Gasteiger partial charge in [-0.3, -0.25) is 19.2 Å². The number of halogens is 1. The van der Waals surface area contributed by atoms with Crippen LogP contribution in [0.2, 0.25) is 0 Å². The van der Waals surface area contributed by atoms with Crippen molar-refractivity contribution in [3.63, 3.8) is 0 Å². The number of nitrogens with one attached hydrogen (secondary N) is 1. The minimum absolute atomic E-state index is 0.0320. The maximum absolute atomic E-state index is 13.2. The molecule has 2 aromatic rings. The number of sulfonamides is 1. The molecule has 0 aliphatic rings. The van der Waals surface area contributed by atoms with Gasteiger partial charge in [0.2, 0.25) is 15.9 Å². The van der Waals surface area contributed by atoms with Gasteiger partial charge in [0.1, 0.15) is 23.8 Å². The van der Waals surface area contributed by atoms with Gasteiger partial charge < -0.3 is 10.1 Å². The SMILES string of the molecule is COc1ccc([N+](=O)[O-])cc1N(CC(=O)Nc1cccc(F)c1)S(C)(=O)=O. The first kappa shape index (κ1) is 20.1. The molecule has 0 spiro atoms. The number of rotatable bonds is 7. The minimum Gasteiger partial charge on any atom is -0.495 e. The van der Waals surface area contributed by atoms with Crippen LogP contribution in [0.5, 0.6) is 5.75 Å². The zero-order valence-corrected chi connectivity index (χ0v) is 15.2. The molecule has 1 amide bonds. The molecule has 0 atom stereocenters. The number of non-ortho nitro benzene ring substituents is 1. The van der Waals surface area contributed by atoms with E-state index < -0.39 is 33.2 Å². The smallest absolute Gasteiger partial charge is 0.271 e.